The Morgan fingerprint density at radius 2 is 2.10 bits per heavy atom. The first kappa shape index (κ1) is 16.1. The largest absolute Gasteiger partial charge is 0.375 e. The molecule has 2 atom stereocenters. The molecule has 3 heterocycles. The van der Waals surface area contributed by atoms with E-state index in [1.54, 1.807) is 0 Å². The summed E-state index contributed by atoms with van der Waals surface area (Å²) in [7, 11) is 0. The van der Waals surface area contributed by atoms with E-state index >= 15 is 0 Å². The highest BCUT2D eigenvalue weighted by molar-refractivity contribution is 7.99. The molecule has 3 rings (SSSR count). The fraction of sp³-hybridized carbons (Fsp3) is 1.00. The normalized spacial score (nSPS) is 33.9. The molecule has 0 aliphatic carbocycles. The molecule has 0 aromatic carbocycles. The van der Waals surface area contributed by atoms with Gasteiger partial charge < -0.3 is 15.0 Å². The molecule has 3 aliphatic rings. The predicted octanol–water partition coefficient (Wildman–Crippen LogP) is 2.75. The van der Waals surface area contributed by atoms with Crippen molar-refractivity contribution in [2.24, 2.45) is 5.92 Å². The van der Waals surface area contributed by atoms with Gasteiger partial charge in [-0.05, 0) is 76.5 Å². The molecule has 3 nitrogen and oxygen atoms in total. The third-order valence-corrected chi connectivity index (χ3v) is 6.63. The molecule has 0 radical (unpaired) electrons. The van der Waals surface area contributed by atoms with E-state index in [4.69, 9.17) is 4.74 Å². The average molecular weight is 313 g/mol. The van der Waals surface area contributed by atoms with Crippen LogP contribution in [0.3, 0.4) is 0 Å². The monoisotopic (exact) mass is 312 g/mol. The van der Waals surface area contributed by atoms with E-state index in [0.717, 1.165) is 12.5 Å². The first-order valence-electron chi connectivity index (χ1n) is 8.86. The summed E-state index contributed by atoms with van der Waals surface area (Å²) >= 11 is 2.09. The lowest BCUT2D eigenvalue weighted by Gasteiger charge is -2.43. The Kier molecular flexibility index (Phi) is 5.52. The Morgan fingerprint density at radius 1 is 1.29 bits per heavy atom. The minimum absolute atomic E-state index is 0.223. The van der Waals surface area contributed by atoms with Crippen LogP contribution < -0.4 is 5.32 Å². The van der Waals surface area contributed by atoms with E-state index < -0.39 is 0 Å². The van der Waals surface area contributed by atoms with Crippen molar-refractivity contribution in [2.45, 2.75) is 63.6 Å². The third kappa shape index (κ3) is 4.15. The summed E-state index contributed by atoms with van der Waals surface area (Å²) in [4.78, 5) is 2.62. The van der Waals surface area contributed by atoms with Crippen molar-refractivity contribution in [2.75, 3.05) is 37.7 Å². The molecule has 1 spiro atoms. The molecular formula is C17H32N2OS. The quantitative estimate of drug-likeness (QED) is 0.863. The van der Waals surface area contributed by atoms with Gasteiger partial charge in [-0.1, -0.05) is 0 Å². The summed E-state index contributed by atoms with van der Waals surface area (Å²) in [5.74, 6) is 3.44. The number of thioether (sulfide) groups is 1. The lowest BCUT2D eigenvalue weighted by molar-refractivity contribution is -0.0933. The van der Waals surface area contributed by atoms with E-state index in [1.165, 1.54) is 63.2 Å². The van der Waals surface area contributed by atoms with Gasteiger partial charge in [-0.15, -0.1) is 0 Å². The number of hydrogen-bond donors (Lipinski definition) is 1. The number of hydrogen-bond acceptors (Lipinski definition) is 4. The van der Waals surface area contributed by atoms with Crippen LogP contribution >= 0.6 is 11.8 Å². The first-order valence-corrected chi connectivity index (χ1v) is 10.0. The molecule has 2 unspecified atom stereocenters. The standard InChI is InChI=1S/C17H32N2OS/c1-14(2)19-7-3-15(13-19)12-18-16-4-8-20-17(11-16)5-9-21-10-6-17/h14-16,18H,3-13H2,1-2H3. The Labute approximate surface area is 134 Å². The number of likely N-dealkylation sites (tertiary alicyclic amines) is 1. The highest BCUT2D eigenvalue weighted by Crippen LogP contribution is 2.37. The fourth-order valence-corrected chi connectivity index (χ4v) is 5.36. The van der Waals surface area contributed by atoms with Crippen molar-refractivity contribution in [3.8, 4) is 0 Å². The summed E-state index contributed by atoms with van der Waals surface area (Å²) in [6.45, 7) is 9.39. The van der Waals surface area contributed by atoms with E-state index in [9.17, 15) is 0 Å². The summed E-state index contributed by atoms with van der Waals surface area (Å²) < 4.78 is 6.20. The summed E-state index contributed by atoms with van der Waals surface area (Å²) in [5, 5.41) is 3.88. The van der Waals surface area contributed by atoms with E-state index in [0.29, 0.717) is 12.1 Å². The van der Waals surface area contributed by atoms with Crippen LogP contribution in [0.15, 0.2) is 0 Å². The van der Waals surface area contributed by atoms with Crippen LogP contribution in [0, 0.1) is 5.92 Å². The Morgan fingerprint density at radius 3 is 2.81 bits per heavy atom. The summed E-state index contributed by atoms with van der Waals surface area (Å²) in [5.41, 5.74) is 0.223. The summed E-state index contributed by atoms with van der Waals surface area (Å²) in [6.07, 6.45) is 6.35. The van der Waals surface area contributed by atoms with Gasteiger partial charge in [0, 0.05) is 25.2 Å². The van der Waals surface area contributed by atoms with Gasteiger partial charge in [-0.25, -0.2) is 0 Å². The van der Waals surface area contributed by atoms with Crippen molar-refractivity contribution >= 4 is 11.8 Å². The smallest absolute Gasteiger partial charge is 0.0713 e. The van der Waals surface area contributed by atoms with Crippen molar-refractivity contribution in [1.29, 1.82) is 0 Å². The van der Waals surface area contributed by atoms with Gasteiger partial charge in [-0.2, -0.15) is 11.8 Å². The topological polar surface area (TPSA) is 24.5 Å². The molecule has 0 saturated carbocycles. The zero-order valence-corrected chi connectivity index (χ0v) is 14.6. The van der Waals surface area contributed by atoms with Crippen LogP contribution in [-0.4, -0.2) is 60.3 Å². The Bertz CT molecular complexity index is 325. The number of ether oxygens (including phenoxy) is 1. The molecule has 122 valence electrons. The van der Waals surface area contributed by atoms with Gasteiger partial charge in [0.05, 0.1) is 5.60 Å². The SMILES string of the molecule is CC(C)N1CCC(CNC2CCOC3(CCSCC3)C2)C1. The minimum atomic E-state index is 0.223. The first-order chi connectivity index (χ1) is 10.2. The van der Waals surface area contributed by atoms with Gasteiger partial charge in [0.25, 0.3) is 0 Å². The molecule has 21 heavy (non-hydrogen) atoms. The predicted molar refractivity (Wildman–Crippen MR) is 91.1 cm³/mol. The van der Waals surface area contributed by atoms with Crippen molar-refractivity contribution in [3.05, 3.63) is 0 Å². The van der Waals surface area contributed by atoms with Crippen LogP contribution in [0.4, 0.5) is 0 Å². The van der Waals surface area contributed by atoms with Gasteiger partial charge in [0.1, 0.15) is 0 Å². The lowest BCUT2D eigenvalue weighted by Crippen LogP contribution is -2.49. The highest BCUT2D eigenvalue weighted by atomic mass is 32.2. The van der Waals surface area contributed by atoms with Gasteiger partial charge in [0.2, 0.25) is 0 Å². The maximum Gasteiger partial charge on any atom is 0.0713 e. The molecule has 4 heteroatoms. The molecule has 3 fully saturated rings. The van der Waals surface area contributed by atoms with Crippen molar-refractivity contribution in [1.82, 2.24) is 10.2 Å². The molecule has 0 bridgehead atoms. The zero-order chi connectivity index (χ0) is 14.7. The second kappa shape index (κ2) is 7.20. The van der Waals surface area contributed by atoms with Crippen molar-refractivity contribution < 1.29 is 4.74 Å². The lowest BCUT2D eigenvalue weighted by atomic mass is 9.85. The Balaban J connectivity index is 1.43. The molecule has 1 N–H and O–H groups in total. The van der Waals surface area contributed by atoms with Crippen LogP contribution in [0.5, 0.6) is 0 Å². The molecule has 0 amide bonds. The van der Waals surface area contributed by atoms with E-state index in [1.807, 2.05) is 0 Å². The van der Waals surface area contributed by atoms with Gasteiger partial charge in [0.15, 0.2) is 0 Å². The fourth-order valence-electron chi connectivity index (χ4n) is 4.13. The maximum atomic E-state index is 6.20. The molecule has 0 aromatic rings. The number of nitrogens with zero attached hydrogens (tertiary/aromatic N) is 1. The maximum absolute atomic E-state index is 6.20. The van der Waals surface area contributed by atoms with E-state index in [2.05, 4.69) is 35.8 Å². The number of nitrogens with one attached hydrogen (secondary N) is 1. The van der Waals surface area contributed by atoms with Crippen LogP contribution in [0.2, 0.25) is 0 Å². The zero-order valence-electron chi connectivity index (χ0n) is 13.8. The van der Waals surface area contributed by atoms with Crippen LogP contribution in [0.1, 0.15) is 46.0 Å². The van der Waals surface area contributed by atoms with Crippen LogP contribution in [0.25, 0.3) is 0 Å². The second-order valence-electron chi connectivity index (χ2n) is 7.49. The molecular weight excluding hydrogens is 280 g/mol. The third-order valence-electron chi connectivity index (χ3n) is 5.64. The second-order valence-corrected chi connectivity index (χ2v) is 8.71. The number of rotatable bonds is 4. The van der Waals surface area contributed by atoms with Gasteiger partial charge in [-0.3, -0.25) is 0 Å². The van der Waals surface area contributed by atoms with Crippen molar-refractivity contribution in [3.63, 3.8) is 0 Å². The molecule has 3 saturated heterocycles. The highest BCUT2D eigenvalue weighted by Gasteiger charge is 2.38. The molecule has 0 aromatic heterocycles. The summed E-state index contributed by atoms with van der Waals surface area (Å²) in [6, 6.07) is 1.40. The molecule has 3 aliphatic heterocycles. The minimum Gasteiger partial charge on any atom is -0.375 e. The Hall–Kier alpha value is 0.230. The van der Waals surface area contributed by atoms with Gasteiger partial charge >= 0.3 is 0 Å². The average Bonchev–Trinajstić information content (AvgIpc) is 2.95. The van der Waals surface area contributed by atoms with E-state index in [-0.39, 0.29) is 5.60 Å². The van der Waals surface area contributed by atoms with Crippen LogP contribution in [-0.2, 0) is 4.74 Å².